The molecule has 0 spiro atoms. The minimum Gasteiger partial charge on any atom is -0.289 e. The van der Waals surface area contributed by atoms with E-state index in [1.165, 1.54) is 0 Å². The topological polar surface area (TPSA) is 17.1 Å². The van der Waals surface area contributed by atoms with E-state index in [-0.39, 0.29) is 10.6 Å². The molecule has 0 aliphatic heterocycles. The minimum absolute atomic E-state index is 0.0917. The zero-order chi connectivity index (χ0) is 14.2. The third kappa shape index (κ3) is 2.62. The second kappa shape index (κ2) is 5.27. The van der Waals surface area contributed by atoms with Crippen LogP contribution in [0.1, 0.15) is 21.5 Å². The van der Waals surface area contributed by atoms with Crippen LogP contribution in [0.5, 0.6) is 0 Å². The molecule has 0 N–H and O–H groups in total. The van der Waals surface area contributed by atoms with Gasteiger partial charge in [0.2, 0.25) is 0 Å². The third-order valence-electron chi connectivity index (χ3n) is 2.77. The van der Waals surface area contributed by atoms with Crippen molar-refractivity contribution >= 4 is 29.0 Å². The molecule has 0 heterocycles. The molecule has 0 atom stereocenters. The Morgan fingerprint density at radius 1 is 1.00 bits per heavy atom. The molecule has 0 bridgehead atoms. The van der Waals surface area contributed by atoms with Crippen molar-refractivity contribution in [3.05, 3.63) is 68.7 Å². The molecule has 19 heavy (non-hydrogen) atoms. The van der Waals surface area contributed by atoms with E-state index in [9.17, 15) is 13.6 Å². The zero-order valence-electron chi connectivity index (χ0n) is 9.81. The lowest BCUT2D eigenvalue weighted by molar-refractivity contribution is 0.103. The van der Waals surface area contributed by atoms with Crippen LogP contribution in [0.25, 0.3) is 0 Å². The van der Waals surface area contributed by atoms with Crippen LogP contribution in [0.2, 0.25) is 10.0 Å². The number of hydrogen-bond donors (Lipinski definition) is 0. The Bertz CT molecular complexity index is 669. The molecular weight excluding hydrogens is 293 g/mol. The van der Waals surface area contributed by atoms with Crippen molar-refractivity contribution in [2.75, 3.05) is 0 Å². The Hall–Kier alpha value is -1.45. The first kappa shape index (κ1) is 14.0. The van der Waals surface area contributed by atoms with Crippen LogP contribution < -0.4 is 0 Å². The van der Waals surface area contributed by atoms with Gasteiger partial charge in [0.1, 0.15) is 0 Å². The molecular formula is C14H8Cl2F2O. The Morgan fingerprint density at radius 2 is 1.63 bits per heavy atom. The number of hydrogen-bond acceptors (Lipinski definition) is 1. The van der Waals surface area contributed by atoms with Crippen molar-refractivity contribution in [2.24, 2.45) is 0 Å². The number of halogens is 4. The van der Waals surface area contributed by atoms with Gasteiger partial charge in [0.05, 0.1) is 5.02 Å². The Balaban J connectivity index is 2.56. The van der Waals surface area contributed by atoms with Gasteiger partial charge < -0.3 is 0 Å². The van der Waals surface area contributed by atoms with Gasteiger partial charge in [-0.3, -0.25) is 4.79 Å². The van der Waals surface area contributed by atoms with Gasteiger partial charge in [-0.25, -0.2) is 8.78 Å². The maximum Gasteiger partial charge on any atom is 0.194 e. The van der Waals surface area contributed by atoms with Crippen molar-refractivity contribution in [2.45, 2.75) is 6.92 Å². The maximum atomic E-state index is 13.2. The van der Waals surface area contributed by atoms with Crippen molar-refractivity contribution in [1.82, 2.24) is 0 Å². The average Bonchev–Trinajstić information content (AvgIpc) is 2.36. The Labute approximate surface area is 118 Å². The molecule has 0 unspecified atom stereocenters. The molecule has 2 aromatic carbocycles. The molecule has 0 aliphatic rings. The maximum absolute atomic E-state index is 13.2. The van der Waals surface area contributed by atoms with Gasteiger partial charge >= 0.3 is 0 Å². The summed E-state index contributed by atoms with van der Waals surface area (Å²) in [5.41, 5.74) is 0.779. The fraction of sp³-hybridized carbons (Fsp3) is 0.0714. The molecule has 5 heteroatoms. The molecule has 2 rings (SSSR count). The van der Waals surface area contributed by atoms with Crippen LogP contribution in [0.15, 0.2) is 30.3 Å². The van der Waals surface area contributed by atoms with E-state index in [0.29, 0.717) is 16.1 Å². The summed E-state index contributed by atoms with van der Waals surface area (Å²) in [4.78, 5) is 12.3. The second-order valence-electron chi connectivity index (χ2n) is 3.99. The van der Waals surface area contributed by atoms with Crippen molar-refractivity contribution in [3.63, 3.8) is 0 Å². The first-order chi connectivity index (χ1) is 8.91. The third-order valence-corrected chi connectivity index (χ3v) is 3.49. The van der Waals surface area contributed by atoms with Crippen LogP contribution in [0, 0.1) is 18.6 Å². The van der Waals surface area contributed by atoms with Gasteiger partial charge in [-0.05, 0) is 30.7 Å². The highest BCUT2D eigenvalue weighted by Crippen LogP contribution is 2.26. The van der Waals surface area contributed by atoms with Gasteiger partial charge in [0.15, 0.2) is 17.4 Å². The molecule has 0 saturated carbocycles. The molecule has 0 fully saturated rings. The lowest BCUT2D eigenvalue weighted by Gasteiger charge is -2.08. The molecule has 1 nitrogen and oxygen atoms in total. The summed E-state index contributed by atoms with van der Waals surface area (Å²) in [5.74, 6) is -2.71. The summed E-state index contributed by atoms with van der Waals surface area (Å²) < 4.78 is 26.2. The van der Waals surface area contributed by atoms with Crippen LogP contribution in [-0.4, -0.2) is 5.78 Å². The van der Waals surface area contributed by atoms with E-state index in [2.05, 4.69) is 0 Å². The van der Waals surface area contributed by atoms with Crippen LogP contribution in [-0.2, 0) is 0 Å². The molecule has 2 aromatic rings. The van der Waals surface area contributed by atoms with Gasteiger partial charge in [-0.1, -0.05) is 35.3 Å². The van der Waals surface area contributed by atoms with E-state index in [0.717, 1.165) is 12.1 Å². The number of carbonyl (C=O) groups is 1. The highest BCUT2D eigenvalue weighted by molar-refractivity contribution is 6.35. The molecule has 0 saturated heterocycles. The molecule has 98 valence electrons. The SMILES string of the molecule is Cc1c(Cl)cccc1C(=O)c1cc(F)c(F)cc1Cl. The lowest BCUT2D eigenvalue weighted by atomic mass is 9.99. The standard InChI is InChI=1S/C14H8Cl2F2O/c1-7-8(3-2-4-10(7)15)14(19)9-5-12(17)13(18)6-11(9)16/h2-6H,1H3. The smallest absolute Gasteiger partial charge is 0.194 e. The van der Waals surface area contributed by atoms with Gasteiger partial charge in [-0.15, -0.1) is 0 Å². The summed E-state index contributed by atoms with van der Waals surface area (Å²) in [7, 11) is 0. The molecule has 0 aliphatic carbocycles. The predicted octanol–water partition coefficient (Wildman–Crippen LogP) is 4.81. The van der Waals surface area contributed by atoms with Gasteiger partial charge in [0, 0.05) is 16.1 Å². The zero-order valence-corrected chi connectivity index (χ0v) is 11.3. The van der Waals surface area contributed by atoms with E-state index < -0.39 is 17.4 Å². The summed E-state index contributed by atoms with van der Waals surface area (Å²) in [5, 5.41) is 0.285. The number of benzene rings is 2. The second-order valence-corrected chi connectivity index (χ2v) is 4.80. The van der Waals surface area contributed by atoms with Crippen molar-refractivity contribution in [3.8, 4) is 0 Å². The van der Waals surface area contributed by atoms with Crippen LogP contribution in [0.3, 0.4) is 0 Å². The molecule has 0 radical (unpaired) electrons. The van der Waals surface area contributed by atoms with Crippen LogP contribution >= 0.6 is 23.2 Å². The summed E-state index contributed by atoms with van der Waals surface area (Å²) in [6.45, 7) is 1.67. The molecule has 0 amide bonds. The van der Waals surface area contributed by atoms with Crippen molar-refractivity contribution in [1.29, 1.82) is 0 Å². The van der Waals surface area contributed by atoms with Crippen LogP contribution in [0.4, 0.5) is 8.78 Å². The summed E-state index contributed by atoms with van der Waals surface area (Å²) >= 11 is 11.7. The quantitative estimate of drug-likeness (QED) is 0.574. The van der Waals surface area contributed by atoms with E-state index in [4.69, 9.17) is 23.2 Å². The Kier molecular flexibility index (Phi) is 3.88. The highest BCUT2D eigenvalue weighted by Gasteiger charge is 2.18. The van der Waals surface area contributed by atoms with Gasteiger partial charge in [0.25, 0.3) is 0 Å². The van der Waals surface area contributed by atoms with Crippen molar-refractivity contribution < 1.29 is 13.6 Å². The van der Waals surface area contributed by atoms with E-state index in [1.807, 2.05) is 0 Å². The first-order valence-electron chi connectivity index (χ1n) is 5.36. The number of rotatable bonds is 2. The summed E-state index contributed by atoms with van der Waals surface area (Å²) in [6.07, 6.45) is 0. The largest absolute Gasteiger partial charge is 0.289 e. The minimum atomic E-state index is -1.12. The lowest BCUT2D eigenvalue weighted by Crippen LogP contribution is -2.06. The molecule has 0 aromatic heterocycles. The monoisotopic (exact) mass is 300 g/mol. The fourth-order valence-electron chi connectivity index (χ4n) is 1.70. The van der Waals surface area contributed by atoms with E-state index in [1.54, 1.807) is 25.1 Å². The predicted molar refractivity (Wildman–Crippen MR) is 71.0 cm³/mol. The highest BCUT2D eigenvalue weighted by atomic mass is 35.5. The fourth-order valence-corrected chi connectivity index (χ4v) is 2.11. The van der Waals surface area contributed by atoms with E-state index >= 15 is 0 Å². The normalized spacial score (nSPS) is 10.6. The summed E-state index contributed by atoms with van der Waals surface area (Å²) in [6, 6.07) is 6.38. The number of carbonyl (C=O) groups excluding carboxylic acids is 1. The Morgan fingerprint density at radius 3 is 2.32 bits per heavy atom. The van der Waals surface area contributed by atoms with Gasteiger partial charge in [-0.2, -0.15) is 0 Å². The average molecular weight is 301 g/mol. The first-order valence-corrected chi connectivity index (χ1v) is 6.11. The number of ketones is 1.